The first-order chi connectivity index (χ1) is 11.1. The van der Waals surface area contributed by atoms with Gasteiger partial charge in [0.2, 0.25) is 10.0 Å². The molecule has 134 valence electrons. The van der Waals surface area contributed by atoms with Gasteiger partial charge in [0.05, 0.1) is 19.0 Å². The van der Waals surface area contributed by atoms with E-state index in [0.29, 0.717) is 19.1 Å². The van der Waals surface area contributed by atoms with Crippen molar-refractivity contribution in [2.75, 3.05) is 65.3 Å². The summed E-state index contributed by atoms with van der Waals surface area (Å²) in [7, 11) is -1.36. The highest BCUT2D eigenvalue weighted by atomic mass is 32.2. The number of sulfonamides is 1. The van der Waals surface area contributed by atoms with Crippen molar-refractivity contribution in [1.29, 1.82) is 0 Å². The molecule has 0 aliphatic carbocycles. The van der Waals surface area contributed by atoms with E-state index in [1.54, 1.807) is 14.0 Å². The number of guanidine groups is 1. The number of morpholine rings is 1. The number of likely N-dealkylation sites (tertiary alicyclic amines) is 1. The van der Waals surface area contributed by atoms with E-state index in [9.17, 15) is 8.42 Å². The van der Waals surface area contributed by atoms with Crippen LogP contribution in [0.1, 0.15) is 13.3 Å². The van der Waals surface area contributed by atoms with Gasteiger partial charge in [0.25, 0.3) is 0 Å². The fraction of sp³-hybridized carbons (Fsp3) is 0.929. The van der Waals surface area contributed by atoms with Gasteiger partial charge in [0.15, 0.2) is 5.96 Å². The van der Waals surface area contributed by atoms with Crippen LogP contribution in [0.5, 0.6) is 0 Å². The second-order valence-electron chi connectivity index (χ2n) is 5.81. The summed E-state index contributed by atoms with van der Waals surface area (Å²) in [6, 6.07) is 0.552. The average molecular weight is 347 g/mol. The topological polar surface area (TPSA) is 86.3 Å². The van der Waals surface area contributed by atoms with E-state index in [1.165, 1.54) is 0 Å². The van der Waals surface area contributed by atoms with E-state index in [1.807, 2.05) is 0 Å². The molecule has 1 atom stereocenters. The normalized spacial score (nSPS) is 24.2. The maximum absolute atomic E-state index is 11.4. The molecule has 0 radical (unpaired) electrons. The van der Waals surface area contributed by atoms with Gasteiger partial charge in [-0.1, -0.05) is 0 Å². The zero-order chi connectivity index (χ0) is 16.7. The van der Waals surface area contributed by atoms with Crippen LogP contribution in [-0.2, 0) is 14.8 Å². The fourth-order valence-electron chi connectivity index (χ4n) is 2.99. The minimum atomic E-state index is -3.13. The molecule has 2 rings (SSSR count). The number of nitrogens with one attached hydrogen (secondary N) is 2. The fourth-order valence-corrected chi connectivity index (χ4v) is 3.61. The lowest BCUT2D eigenvalue weighted by molar-refractivity contribution is 0.0195. The number of aliphatic imine (C=N–C) groups is 1. The summed E-state index contributed by atoms with van der Waals surface area (Å²) in [5.41, 5.74) is 0. The van der Waals surface area contributed by atoms with Gasteiger partial charge >= 0.3 is 0 Å². The molecule has 2 heterocycles. The first-order valence-electron chi connectivity index (χ1n) is 8.30. The van der Waals surface area contributed by atoms with Gasteiger partial charge in [-0.2, -0.15) is 0 Å². The van der Waals surface area contributed by atoms with Crippen molar-refractivity contribution in [3.63, 3.8) is 0 Å². The number of hydrogen-bond donors (Lipinski definition) is 2. The Bertz CT molecular complexity index is 491. The Kier molecular flexibility index (Phi) is 7.07. The van der Waals surface area contributed by atoms with Crippen molar-refractivity contribution in [1.82, 2.24) is 19.8 Å². The second-order valence-corrected chi connectivity index (χ2v) is 7.90. The Morgan fingerprint density at radius 1 is 1.26 bits per heavy atom. The SMILES string of the molecule is CCS(=O)(=O)NCCNC(=NC)N1CCC(N2CCOCC2)C1. The number of hydrogen-bond acceptors (Lipinski definition) is 5. The molecule has 0 bridgehead atoms. The largest absolute Gasteiger partial charge is 0.379 e. The molecule has 23 heavy (non-hydrogen) atoms. The lowest BCUT2D eigenvalue weighted by atomic mass is 10.2. The van der Waals surface area contributed by atoms with Crippen LogP contribution in [0, 0.1) is 0 Å². The van der Waals surface area contributed by atoms with E-state index in [4.69, 9.17) is 4.74 Å². The molecular formula is C14H29N5O3S. The number of rotatable bonds is 6. The molecule has 0 aromatic carbocycles. The molecule has 8 nitrogen and oxygen atoms in total. The monoisotopic (exact) mass is 347 g/mol. The molecule has 2 aliphatic rings. The van der Waals surface area contributed by atoms with Crippen molar-refractivity contribution >= 4 is 16.0 Å². The summed E-state index contributed by atoms with van der Waals surface area (Å²) in [4.78, 5) is 9.05. The van der Waals surface area contributed by atoms with Crippen LogP contribution in [0.25, 0.3) is 0 Å². The van der Waals surface area contributed by atoms with Crippen LogP contribution in [0.3, 0.4) is 0 Å². The van der Waals surface area contributed by atoms with Crippen LogP contribution >= 0.6 is 0 Å². The molecule has 2 fully saturated rings. The second kappa shape index (κ2) is 8.81. The maximum atomic E-state index is 11.4. The Morgan fingerprint density at radius 2 is 2.00 bits per heavy atom. The van der Waals surface area contributed by atoms with E-state index < -0.39 is 10.0 Å². The Labute approximate surface area is 139 Å². The van der Waals surface area contributed by atoms with Crippen molar-refractivity contribution in [2.24, 2.45) is 4.99 Å². The molecular weight excluding hydrogens is 318 g/mol. The summed E-state index contributed by atoms with van der Waals surface area (Å²) in [5.74, 6) is 0.950. The molecule has 2 N–H and O–H groups in total. The van der Waals surface area contributed by atoms with Gasteiger partial charge < -0.3 is 15.0 Å². The van der Waals surface area contributed by atoms with E-state index in [2.05, 4.69) is 24.8 Å². The van der Waals surface area contributed by atoms with Crippen LogP contribution in [-0.4, -0.2) is 95.5 Å². The van der Waals surface area contributed by atoms with Gasteiger partial charge in [-0.25, -0.2) is 13.1 Å². The molecule has 2 saturated heterocycles. The van der Waals surface area contributed by atoms with Crippen molar-refractivity contribution in [3.8, 4) is 0 Å². The molecule has 0 aromatic rings. The molecule has 1 unspecified atom stereocenters. The molecule has 0 aromatic heterocycles. The van der Waals surface area contributed by atoms with Crippen LogP contribution in [0.4, 0.5) is 0 Å². The average Bonchev–Trinajstić information content (AvgIpc) is 3.05. The molecule has 2 aliphatic heterocycles. The molecule has 9 heteroatoms. The lowest BCUT2D eigenvalue weighted by Crippen LogP contribution is -2.47. The summed E-state index contributed by atoms with van der Waals surface area (Å²) in [6.45, 7) is 8.11. The van der Waals surface area contributed by atoms with Gasteiger partial charge in [-0.3, -0.25) is 9.89 Å². The highest BCUT2D eigenvalue weighted by molar-refractivity contribution is 7.89. The Morgan fingerprint density at radius 3 is 2.65 bits per heavy atom. The van der Waals surface area contributed by atoms with Crippen molar-refractivity contribution in [2.45, 2.75) is 19.4 Å². The van der Waals surface area contributed by atoms with Gasteiger partial charge in [-0.15, -0.1) is 0 Å². The van der Waals surface area contributed by atoms with Crippen LogP contribution in [0.2, 0.25) is 0 Å². The smallest absolute Gasteiger partial charge is 0.211 e. The van der Waals surface area contributed by atoms with Gasteiger partial charge in [-0.05, 0) is 13.3 Å². The third-order valence-electron chi connectivity index (χ3n) is 4.35. The molecule has 0 amide bonds. The van der Waals surface area contributed by atoms with Crippen LogP contribution in [0.15, 0.2) is 4.99 Å². The molecule has 0 spiro atoms. The van der Waals surface area contributed by atoms with E-state index in [0.717, 1.165) is 51.8 Å². The zero-order valence-electron chi connectivity index (χ0n) is 14.1. The zero-order valence-corrected chi connectivity index (χ0v) is 14.9. The lowest BCUT2D eigenvalue weighted by Gasteiger charge is -2.32. The van der Waals surface area contributed by atoms with Gasteiger partial charge in [0, 0.05) is 52.4 Å². The standard InChI is InChI=1S/C14H29N5O3S/c1-3-23(20,21)17-6-5-16-14(15-2)19-7-4-13(12-19)18-8-10-22-11-9-18/h13,17H,3-12H2,1-2H3,(H,15,16). The predicted octanol–water partition coefficient (Wildman–Crippen LogP) is -1.09. The van der Waals surface area contributed by atoms with Gasteiger partial charge in [0.1, 0.15) is 0 Å². The first-order valence-corrected chi connectivity index (χ1v) is 9.95. The highest BCUT2D eigenvalue weighted by Crippen LogP contribution is 2.16. The van der Waals surface area contributed by atoms with Crippen molar-refractivity contribution < 1.29 is 13.2 Å². The first kappa shape index (κ1) is 18.4. The third-order valence-corrected chi connectivity index (χ3v) is 5.75. The number of ether oxygens (including phenoxy) is 1. The third kappa shape index (κ3) is 5.59. The highest BCUT2D eigenvalue weighted by Gasteiger charge is 2.30. The van der Waals surface area contributed by atoms with Crippen LogP contribution < -0.4 is 10.0 Å². The summed E-state index contributed by atoms with van der Waals surface area (Å²) in [5, 5.41) is 3.24. The Hall–Kier alpha value is -0.900. The minimum Gasteiger partial charge on any atom is -0.379 e. The maximum Gasteiger partial charge on any atom is 0.211 e. The van der Waals surface area contributed by atoms with E-state index >= 15 is 0 Å². The van der Waals surface area contributed by atoms with E-state index in [-0.39, 0.29) is 5.75 Å². The quantitative estimate of drug-likeness (QED) is 0.361. The summed E-state index contributed by atoms with van der Waals surface area (Å²) in [6.07, 6.45) is 1.13. The molecule has 0 saturated carbocycles. The minimum absolute atomic E-state index is 0.106. The number of nitrogens with zero attached hydrogens (tertiary/aromatic N) is 3. The summed E-state index contributed by atoms with van der Waals surface area (Å²) >= 11 is 0. The summed E-state index contributed by atoms with van der Waals surface area (Å²) < 4.78 is 30.7. The predicted molar refractivity (Wildman–Crippen MR) is 91.2 cm³/mol. The van der Waals surface area contributed by atoms with Crippen molar-refractivity contribution in [3.05, 3.63) is 0 Å². The Balaban J connectivity index is 1.74.